The topological polar surface area (TPSA) is 46.5 Å². The number of carbonyl (C=O) groups excluding carboxylic acids is 1. The molecule has 1 aliphatic rings. The van der Waals surface area contributed by atoms with Crippen molar-refractivity contribution in [2.24, 2.45) is 0 Å². The highest BCUT2D eigenvalue weighted by molar-refractivity contribution is 5.87. The van der Waals surface area contributed by atoms with Crippen LogP contribution in [0.5, 0.6) is 0 Å². The Bertz CT molecular complexity index is 1170. The predicted octanol–water partition coefficient (Wildman–Crippen LogP) is 7.32. The van der Waals surface area contributed by atoms with Crippen molar-refractivity contribution >= 4 is 5.97 Å². The highest BCUT2D eigenvalue weighted by Gasteiger charge is 2.16. The van der Waals surface area contributed by atoms with Crippen molar-refractivity contribution in [3.05, 3.63) is 95.3 Å². The number of aliphatic hydroxyl groups is 1. The van der Waals surface area contributed by atoms with Crippen LogP contribution in [-0.2, 0) is 22.7 Å². The fourth-order valence-corrected chi connectivity index (χ4v) is 4.66. The molecule has 0 amide bonds. The SMILES string of the molecule is C=C(C)C(=O)OCc1cc(-c2ccc(-c3ccc(C4CCCCC4)cc3)cc2F)ccc1CO. The van der Waals surface area contributed by atoms with E-state index in [0.717, 1.165) is 11.1 Å². The summed E-state index contributed by atoms with van der Waals surface area (Å²) in [4.78, 5) is 11.8. The van der Waals surface area contributed by atoms with Gasteiger partial charge in [-0.05, 0) is 71.2 Å². The van der Waals surface area contributed by atoms with Gasteiger partial charge in [-0.1, -0.05) is 74.4 Å². The van der Waals surface area contributed by atoms with Crippen LogP contribution < -0.4 is 0 Å². The molecular weight excluding hydrogens is 427 g/mol. The molecule has 3 aromatic rings. The molecule has 1 saturated carbocycles. The van der Waals surface area contributed by atoms with Crippen LogP contribution in [0.25, 0.3) is 22.3 Å². The van der Waals surface area contributed by atoms with Crippen LogP contribution in [0.1, 0.15) is 61.6 Å². The Morgan fingerprint density at radius 3 is 2.26 bits per heavy atom. The molecule has 0 atom stereocenters. The lowest BCUT2D eigenvalue weighted by molar-refractivity contribution is -0.140. The molecule has 1 fully saturated rings. The number of rotatable bonds is 7. The molecule has 0 aromatic heterocycles. The second kappa shape index (κ2) is 10.8. The highest BCUT2D eigenvalue weighted by atomic mass is 19.1. The Morgan fingerprint density at radius 1 is 0.941 bits per heavy atom. The molecule has 1 aliphatic carbocycles. The van der Waals surface area contributed by atoms with Gasteiger partial charge in [-0.3, -0.25) is 0 Å². The normalized spacial score (nSPS) is 14.1. The third-order valence-corrected chi connectivity index (χ3v) is 6.68. The molecule has 0 radical (unpaired) electrons. The van der Waals surface area contributed by atoms with Crippen molar-refractivity contribution in [2.75, 3.05) is 0 Å². The van der Waals surface area contributed by atoms with Gasteiger partial charge in [0, 0.05) is 11.1 Å². The number of carbonyl (C=O) groups is 1. The molecular formula is C30H31FO3. The Morgan fingerprint density at radius 2 is 1.62 bits per heavy atom. The quantitative estimate of drug-likeness (QED) is 0.298. The van der Waals surface area contributed by atoms with Gasteiger partial charge in [0.15, 0.2) is 0 Å². The summed E-state index contributed by atoms with van der Waals surface area (Å²) in [5.74, 6) is -0.178. The molecule has 0 saturated heterocycles. The minimum atomic E-state index is -0.501. The van der Waals surface area contributed by atoms with Gasteiger partial charge in [-0.15, -0.1) is 0 Å². The van der Waals surface area contributed by atoms with Gasteiger partial charge in [-0.2, -0.15) is 0 Å². The lowest BCUT2D eigenvalue weighted by Gasteiger charge is -2.22. The van der Waals surface area contributed by atoms with E-state index >= 15 is 4.39 Å². The summed E-state index contributed by atoms with van der Waals surface area (Å²) in [5.41, 5.74) is 5.89. The molecule has 176 valence electrons. The van der Waals surface area contributed by atoms with Crippen LogP contribution in [0.4, 0.5) is 4.39 Å². The molecule has 0 heterocycles. The zero-order valence-electron chi connectivity index (χ0n) is 19.6. The van der Waals surface area contributed by atoms with Crippen molar-refractivity contribution in [2.45, 2.75) is 58.2 Å². The molecule has 3 nitrogen and oxygen atoms in total. The minimum Gasteiger partial charge on any atom is -0.457 e. The standard InChI is InChI=1S/C30H31FO3/c1-20(2)30(33)34-19-27-16-25(12-13-26(27)18-32)28-15-14-24(17-29(28)31)23-10-8-22(9-11-23)21-6-4-3-5-7-21/h8-17,21,32H,1,3-7,18-19H2,2H3. The molecule has 0 unspecified atom stereocenters. The van der Waals surface area contributed by atoms with E-state index < -0.39 is 5.97 Å². The van der Waals surface area contributed by atoms with Crippen LogP contribution in [0.2, 0.25) is 0 Å². The van der Waals surface area contributed by atoms with E-state index in [2.05, 4.69) is 30.8 Å². The van der Waals surface area contributed by atoms with Gasteiger partial charge in [0.1, 0.15) is 12.4 Å². The van der Waals surface area contributed by atoms with E-state index in [0.29, 0.717) is 33.7 Å². The molecule has 34 heavy (non-hydrogen) atoms. The van der Waals surface area contributed by atoms with Crippen LogP contribution in [-0.4, -0.2) is 11.1 Å². The average molecular weight is 459 g/mol. The molecule has 4 heteroatoms. The van der Waals surface area contributed by atoms with Crippen molar-refractivity contribution in [1.29, 1.82) is 0 Å². The Labute approximate surface area is 200 Å². The van der Waals surface area contributed by atoms with E-state index in [1.165, 1.54) is 37.7 Å². The minimum absolute atomic E-state index is 0.0114. The maximum atomic E-state index is 15.2. The van der Waals surface area contributed by atoms with Crippen molar-refractivity contribution < 1.29 is 19.0 Å². The van der Waals surface area contributed by atoms with E-state index in [9.17, 15) is 9.90 Å². The van der Waals surface area contributed by atoms with Gasteiger partial charge in [-0.25, -0.2) is 9.18 Å². The maximum absolute atomic E-state index is 15.2. The second-order valence-corrected chi connectivity index (χ2v) is 9.15. The third kappa shape index (κ3) is 5.45. The molecule has 4 rings (SSSR count). The monoisotopic (exact) mass is 458 g/mol. The Kier molecular flexibility index (Phi) is 7.59. The highest BCUT2D eigenvalue weighted by Crippen LogP contribution is 2.34. The van der Waals surface area contributed by atoms with Gasteiger partial charge >= 0.3 is 5.97 Å². The molecule has 0 bridgehead atoms. The molecule has 1 N–H and O–H groups in total. The number of hydrogen-bond acceptors (Lipinski definition) is 3. The van der Waals surface area contributed by atoms with Crippen molar-refractivity contribution in [3.8, 4) is 22.3 Å². The average Bonchev–Trinajstić information content (AvgIpc) is 2.87. The molecule has 3 aromatic carbocycles. The Balaban J connectivity index is 1.55. The number of esters is 1. The van der Waals surface area contributed by atoms with Crippen molar-refractivity contribution in [3.63, 3.8) is 0 Å². The number of hydrogen-bond donors (Lipinski definition) is 1. The van der Waals surface area contributed by atoms with E-state index in [1.807, 2.05) is 6.07 Å². The van der Waals surface area contributed by atoms with Crippen LogP contribution in [0, 0.1) is 5.82 Å². The van der Waals surface area contributed by atoms with E-state index in [-0.39, 0.29) is 19.0 Å². The predicted molar refractivity (Wildman–Crippen MR) is 134 cm³/mol. The smallest absolute Gasteiger partial charge is 0.333 e. The largest absolute Gasteiger partial charge is 0.457 e. The third-order valence-electron chi connectivity index (χ3n) is 6.68. The van der Waals surface area contributed by atoms with Gasteiger partial charge in [0.05, 0.1) is 6.61 Å². The van der Waals surface area contributed by atoms with E-state index in [1.54, 1.807) is 37.3 Å². The van der Waals surface area contributed by atoms with Gasteiger partial charge in [0.2, 0.25) is 0 Å². The molecule has 0 aliphatic heterocycles. The summed E-state index contributed by atoms with van der Waals surface area (Å²) in [6.07, 6.45) is 6.45. The number of ether oxygens (including phenoxy) is 1. The Hall–Kier alpha value is -3.24. The first-order chi connectivity index (χ1) is 16.5. The first kappa shape index (κ1) is 23.9. The van der Waals surface area contributed by atoms with Crippen LogP contribution in [0.3, 0.4) is 0 Å². The van der Waals surface area contributed by atoms with Crippen LogP contribution in [0.15, 0.2) is 72.8 Å². The summed E-state index contributed by atoms with van der Waals surface area (Å²) in [7, 11) is 0. The summed E-state index contributed by atoms with van der Waals surface area (Å²) in [6, 6.07) is 19.1. The number of halogens is 1. The number of aliphatic hydroxyl groups excluding tert-OH is 1. The second-order valence-electron chi connectivity index (χ2n) is 9.15. The number of benzene rings is 3. The lowest BCUT2D eigenvalue weighted by Crippen LogP contribution is -2.06. The lowest BCUT2D eigenvalue weighted by atomic mass is 9.83. The summed E-state index contributed by atoms with van der Waals surface area (Å²) < 4.78 is 20.4. The van der Waals surface area contributed by atoms with Gasteiger partial charge < -0.3 is 9.84 Å². The fourth-order valence-electron chi connectivity index (χ4n) is 4.66. The first-order valence-corrected chi connectivity index (χ1v) is 11.9. The van der Waals surface area contributed by atoms with Crippen molar-refractivity contribution in [1.82, 2.24) is 0 Å². The zero-order chi connectivity index (χ0) is 24.1. The maximum Gasteiger partial charge on any atom is 0.333 e. The molecule has 0 spiro atoms. The van der Waals surface area contributed by atoms with Gasteiger partial charge in [0.25, 0.3) is 0 Å². The zero-order valence-corrected chi connectivity index (χ0v) is 19.6. The summed E-state index contributed by atoms with van der Waals surface area (Å²) in [5, 5.41) is 9.64. The summed E-state index contributed by atoms with van der Waals surface area (Å²) >= 11 is 0. The fraction of sp³-hybridized carbons (Fsp3) is 0.300. The first-order valence-electron chi connectivity index (χ1n) is 11.9. The van der Waals surface area contributed by atoms with E-state index in [4.69, 9.17) is 4.74 Å². The van der Waals surface area contributed by atoms with Crippen LogP contribution >= 0.6 is 0 Å². The summed E-state index contributed by atoms with van der Waals surface area (Å²) in [6.45, 7) is 4.94.